The lowest BCUT2D eigenvalue weighted by Gasteiger charge is -2.30. The molecule has 13 nitrogen and oxygen atoms in total. The molecule has 35 heavy (non-hydrogen) atoms. The van der Waals surface area contributed by atoms with Crippen molar-refractivity contribution in [3.05, 3.63) is 12.7 Å². The summed E-state index contributed by atoms with van der Waals surface area (Å²) in [6.45, 7) is 8.33. The van der Waals surface area contributed by atoms with E-state index in [9.17, 15) is 19.3 Å². The molecule has 0 aromatic carbocycles. The Morgan fingerprint density at radius 1 is 1.26 bits per heavy atom. The fraction of sp³-hybridized carbons (Fsp3) is 0.667. The smallest absolute Gasteiger partial charge is 0.335 e. The molecule has 0 aliphatic heterocycles. The number of hydrogen-bond donors (Lipinski definition) is 3. The second kappa shape index (κ2) is 12.4. The van der Waals surface area contributed by atoms with Crippen LogP contribution in [0.3, 0.4) is 0 Å². The second-order valence-corrected chi connectivity index (χ2v) is 10.8. The van der Waals surface area contributed by atoms with Crippen molar-refractivity contribution in [2.45, 2.75) is 78.2 Å². The van der Waals surface area contributed by atoms with Gasteiger partial charge < -0.3 is 29.4 Å². The average Bonchev–Trinajstić information content (AvgIpc) is 3.18. The standard InChI is InChI=1S/C21H35N6O7P/c1-6-7-8-9-32-19(28)15(3)34-35(31,26-21(4,5)20(29)30)13-33-14(2)10-27-12-25-16-17(22)23-11-24-18(16)27/h11-12,14-15H,6-10,13H2,1-5H3,(H,26,31)(H,29,30)(H2,22,23,24)/t14-,15+,35?/m1/s1. The fourth-order valence-electron chi connectivity index (χ4n) is 3.09. The molecule has 0 saturated carbocycles. The van der Waals surface area contributed by atoms with Crippen LogP contribution in [0.5, 0.6) is 0 Å². The Morgan fingerprint density at radius 2 is 1.97 bits per heavy atom. The molecule has 2 heterocycles. The Bertz CT molecular complexity index is 1060. The van der Waals surface area contributed by atoms with Crippen molar-refractivity contribution < 1.29 is 33.3 Å². The Kier molecular flexibility index (Phi) is 10.1. The molecule has 0 spiro atoms. The van der Waals surface area contributed by atoms with Gasteiger partial charge in [-0.2, -0.15) is 0 Å². The zero-order chi connectivity index (χ0) is 26.2. The van der Waals surface area contributed by atoms with Crippen LogP contribution in [0.25, 0.3) is 11.2 Å². The van der Waals surface area contributed by atoms with E-state index in [4.69, 9.17) is 19.7 Å². The molecule has 2 rings (SSSR count). The molecule has 2 aromatic heterocycles. The molecule has 3 atom stereocenters. The van der Waals surface area contributed by atoms with Crippen LogP contribution >= 0.6 is 7.52 Å². The third kappa shape index (κ3) is 8.24. The Labute approximate surface area is 204 Å². The summed E-state index contributed by atoms with van der Waals surface area (Å²) in [5.74, 6) is -1.69. The van der Waals surface area contributed by atoms with Gasteiger partial charge in [-0.15, -0.1) is 0 Å². The molecule has 0 bridgehead atoms. The number of anilines is 1. The van der Waals surface area contributed by atoms with Crippen LogP contribution in [0.1, 0.15) is 53.9 Å². The van der Waals surface area contributed by atoms with E-state index in [1.807, 2.05) is 6.92 Å². The highest BCUT2D eigenvalue weighted by molar-refractivity contribution is 7.56. The number of carbonyl (C=O) groups is 2. The third-order valence-corrected chi connectivity index (χ3v) is 7.09. The van der Waals surface area contributed by atoms with Crippen LogP contribution in [0.4, 0.5) is 5.82 Å². The molecule has 0 fully saturated rings. The molecule has 4 N–H and O–H groups in total. The summed E-state index contributed by atoms with van der Waals surface area (Å²) < 4.78 is 31.8. The zero-order valence-corrected chi connectivity index (χ0v) is 21.7. The number of nitrogen functional groups attached to an aromatic ring is 1. The fourth-order valence-corrected chi connectivity index (χ4v) is 5.26. The van der Waals surface area contributed by atoms with Crippen LogP contribution in [-0.4, -0.2) is 67.3 Å². The van der Waals surface area contributed by atoms with Gasteiger partial charge in [0.2, 0.25) is 0 Å². The second-order valence-electron chi connectivity index (χ2n) is 8.77. The molecule has 0 aliphatic carbocycles. The van der Waals surface area contributed by atoms with Crippen LogP contribution in [0, 0.1) is 0 Å². The summed E-state index contributed by atoms with van der Waals surface area (Å²) in [5.41, 5.74) is 5.16. The van der Waals surface area contributed by atoms with Crippen molar-refractivity contribution in [2.75, 3.05) is 18.7 Å². The van der Waals surface area contributed by atoms with E-state index in [1.54, 1.807) is 11.5 Å². The van der Waals surface area contributed by atoms with E-state index in [0.29, 0.717) is 17.6 Å². The van der Waals surface area contributed by atoms with E-state index in [2.05, 4.69) is 20.0 Å². The van der Waals surface area contributed by atoms with Gasteiger partial charge in [-0.25, -0.2) is 24.8 Å². The number of nitrogens with two attached hydrogens (primary N) is 1. The normalized spacial score (nSPS) is 15.5. The lowest BCUT2D eigenvalue weighted by atomic mass is 10.1. The number of nitrogens with zero attached hydrogens (tertiary/aromatic N) is 4. The molecule has 1 unspecified atom stereocenters. The highest BCUT2D eigenvalue weighted by Crippen LogP contribution is 2.46. The van der Waals surface area contributed by atoms with Crippen molar-refractivity contribution in [3.8, 4) is 0 Å². The summed E-state index contributed by atoms with van der Waals surface area (Å²) in [4.78, 5) is 36.2. The van der Waals surface area contributed by atoms with E-state index in [1.165, 1.54) is 33.4 Å². The van der Waals surface area contributed by atoms with Gasteiger partial charge in [-0.1, -0.05) is 19.8 Å². The summed E-state index contributed by atoms with van der Waals surface area (Å²) in [6.07, 6.45) is 3.25. The first-order chi connectivity index (χ1) is 16.4. The van der Waals surface area contributed by atoms with Crippen LogP contribution in [-0.2, 0) is 34.7 Å². The van der Waals surface area contributed by atoms with Gasteiger partial charge in [-0.05, 0) is 34.1 Å². The van der Waals surface area contributed by atoms with Gasteiger partial charge in [0.1, 0.15) is 23.7 Å². The number of aromatic nitrogens is 4. The molecular weight excluding hydrogens is 479 g/mol. The lowest BCUT2D eigenvalue weighted by Crippen LogP contribution is -2.46. The maximum Gasteiger partial charge on any atom is 0.335 e. The molecular formula is C21H35N6O7P. The third-order valence-electron chi connectivity index (χ3n) is 5.05. The number of ether oxygens (including phenoxy) is 2. The highest BCUT2D eigenvalue weighted by atomic mass is 31.2. The number of unbranched alkanes of at least 4 members (excludes halogenated alkanes) is 2. The van der Waals surface area contributed by atoms with Gasteiger partial charge in [0.15, 0.2) is 17.6 Å². The Balaban J connectivity index is 2.08. The topological polar surface area (TPSA) is 181 Å². The molecule has 14 heteroatoms. The first-order valence-electron chi connectivity index (χ1n) is 11.4. The molecule has 2 aromatic rings. The summed E-state index contributed by atoms with van der Waals surface area (Å²) in [5, 5.41) is 12.0. The lowest BCUT2D eigenvalue weighted by molar-refractivity contribution is -0.151. The van der Waals surface area contributed by atoms with Gasteiger partial charge in [-0.3, -0.25) is 9.36 Å². The molecule has 0 aliphatic rings. The summed E-state index contributed by atoms with van der Waals surface area (Å²) in [7, 11) is -3.97. The maximum absolute atomic E-state index is 13.6. The zero-order valence-electron chi connectivity index (χ0n) is 20.8. The summed E-state index contributed by atoms with van der Waals surface area (Å²) in [6, 6.07) is 0. The monoisotopic (exact) mass is 514 g/mol. The SMILES string of the molecule is CCCCCOC(=O)[C@H](C)OP(=O)(CO[C@H](C)Cn1cnc2c(N)ncnc21)NC(C)(C)C(=O)O. The number of nitrogens with one attached hydrogen (secondary N) is 1. The van der Waals surface area contributed by atoms with E-state index >= 15 is 0 Å². The van der Waals surface area contributed by atoms with Crippen molar-refractivity contribution in [2.24, 2.45) is 0 Å². The van der Waals surface area contributed by atoms with E-state index in [-0.39, 0.29) is 19.0 Å². The van der Waals surface area contributed by atoms with Crippen molar-refractivity contribution in [1.29, 1.82) is 0 Å². The van der Waals surface area contributed by atoms with Crippen LogP contribution in [0.15, 0.2) is 12.7 Å². The number of rotatable bonds is 15. The van der Waals surface area contributed by atoms with Crippen LogP contribution < -0.4 is 10.8 Å². The summed E-state index contributed by atoms with van der Waals surface area (Å²) >= 11 is 0. The Morgan fingerprint density at radius 3 is 2.63 bits per heavy atom. The average molecular weight is 515 g/mol. The van der Waals surface area contributed by atoms with Crippen molar-refractivity contribution >= 4 is 36.4 Å². The number of carboxylic acid groups (broad SMARTS) is 1. The van der Waals surface area contributed by atoms with Crippen molar-refractivity contribution in [1.82, 2.24) is 24.6 Å². The number of aliphatic carboxylic acids is 1. The molecule has 196 valence electrons. The number of fused-ring (bicyclic) bond motifs is 1. The number of carbonyl (C=O) groups excluding carboxylic acids is 1. The van der Waals surface area contributed by atoms with Gasteiger partial charge in [0, 0.05) is 0 Å². The highest BCUT2D eigenvalue weighted by Gasteiger charge is 2.39. The number of esters is 1. The molecule has 0 radical (unpaired) electrons. The van der Waals surface area contributed by atoms with Crippen molar-refractivity contribution in [3.63, 3.8) is 0 Å². The molecule has 0 amide bonds. The number of hydrogen-bond acceptors (Lipinski definition) is 10. The van der Waals surface area contributed by atoms with Gasteiger partial charge in [0.05, 0.1) is 25.6 Å². The minimum atomic E-state index is -3.97. The predicted molar refractivity (Wildman–Crippen MR) is 129 cm³/mol. The van der Waals surface area contributed by atoms with Gasteiger partial charge >= 0.3 is 11.9 Å². The largest absolute Gasteiger partial charge is 0.480 e. The van der Waals surface area contributed by atoms with E-state index in [0.717, 1.165) is 12.8 Å². The van der Waals surface area contributed by atoms with E-state index < -0.39 is 43.6 Å². The number of carboxylic acids is 1. The maximum atomic E-state index is 13.6. The predicted octanol–water partition coefficient (Wildman–Crippen LogP) is 2.56. The quantitative estimate of drug-likeness (QED) is 0.180. The Hall–Kier alpha value is -2.60. The minimum Gasteiger partial charge on any atom is -0.480 e. The van der Waals surface area contributed by atoms with Crippen LogP contribution in [0.2, 0.25) is 0 Å². The number of imidazole rings is 1. The minimum absolute atomic E-state index is 0.221. The van der Waals surface area contributed by atoms with Gasteiger partial charge in [0.25, 0.3) is 7.52 Å². The molecule has 0 saturated heterocycles. The first-order valence-corrected chi connectivity index (χ1v) is 13.2. The first kappa shape index (κ1) is 28.6.